The summed E-state index contributed by atoms with van der Waals surface area (Å²) < 4.78 is 5.16. The minimum Gasteiger partial charge on any atom is -0.481 e. The number of rotatable bonds is 6. The van der Waals surface area contributed by atoms with Crippen LogP contribution in [0.4, 0.5) is 0 Å². The highest BCUT2D eigenvalue weighted by atomic mass is 16.5. The Labute approximate surface area is 195 Å². The maximum atomic E-state index is 12.0. The molecular weight excluding hydrogens is 400 g/mol. The van der Waals surface area contributed by atoms with E-state index in [1.165, 1.54) is 56.9 Å². The van der Waals surface area contributed by atoms with Crippen molar-refractivity contribution in [2.75, 3.05) is 6.61 Å². The highest BCUT2D eigenvalue weighted by molar-refractivity contribution is 5.82. The van der Waals surface area contributed by atoms with Crippen molar-refractivity contribution < 1.29 is 19.4 Å². The normalized spacial score (nSPS) is 37.9. The van der Waals surface area contributed by atoms with E-state index < -0.39 is 5.97 Å². The Hall–Kier alpha value is -1.32. The lowest BCUT2D eigenvalue weighted by atomic mass is 9.53. The first-order chi connectivity index (χ1) is 15.3. The van der Waals surface area contributed by atoms with Crippen LogP contribution in [0, 0.1) is 40.9 Å². The summed E-state index contributed by atoms with van der Waals surface area (Å²) in [5.74, 6) is 3.46. The minimum absolute atomic E-state index is 0.174. The van der Waals surface area contributed by atoms with Gasteiger partial charge in [0.25, 0.3) is 0 Å². The SMILES string of the molecule is CCOC(=O)/C=C1/CCCCC2[C@H](CCC3(C)[C@@H]([C@H](C)CCC(=O)O)CC[C@@H]23)C(C)CC1. The third-order valence-corrected chi connectivity index (χ3v) is 9.61. The Balaban J connectivity index is 1.69. The molecule has 0 aromatic rings. The van der Waals surface area contributed by atoms with Crippen LogP contribution >= 0.6 is 0 Å². The van der Waals surface area contributed by atoms with Crippen molar-refractivity contribution in [2.24, 2.45) is 40.9 Å². The van der Waals surface area contributed by atoms with Crippen molar-refractivity contribution >= 4 is 11.9 Å². The van der Waals surface area contributed by atoms with Gasteiger partial charge < -0.3 is 9.84 Å². The number of aliphatic carboxylic acids is 1. The molecule has 0 bridgehead atoms. The van der Waals surface area contributed by atoms with E-state index in [0.29, 0.717) is 36.2 Å². The van der Waals surface area contributed by atoms with E-state index in [9.17, 15) is 9.59 Å². The fraction of sp³-hybridized carbons (Fsp3) is 0.857. The van der Waals surface area contributed by atoms with Crippen LogP contribution in [0.1, 0.15) is 105 Å². The predicted octanol–water partition coefficient (Wildman–Crippen LogP) is 7.03. The van der Waals surface area contributed by atoms with E-state index in [0.717, 1.165) is 37.0 Å². The molecule has 3 rings (SSSR count). The molecule has 3 aliphatic carbocycles. The summed E-state index contributed by atoms with van der Waals surface area (Å²) in [4.78, 5) is 23.1. The fourth-order valence-electron chi connectivity index (χ4n) is 7.95. The van der Waals surface area contributed by atoms with Gasteiger partial charge >= 0.3 is 11.9 Å². The van der Waals surface area contributed by atoms with Crippen LogP contribution in [0.2, 0.25) is 0 Å². The Bertz CT molecular complexity index is 683. The summed E-state index contributed by atoms with van der Waals surface area (Å²) in [7, 11) is 0. The number of carbonyl (C=O) groups excluding carboxylic acids is 1. The number of allylic oxidation sites excluding steroid dienone is 1. The number of ether oxygens (including phenoxy) is 1. The molecule has 3 saturated carbocycles. The Morgan fingerprint density at radius 1 is 1.12 bits per heavy atom. The number of esters is 1. The quantitative estimate of drug-likeness (QED) is 0.351. The van der Waals surface area contributed by atoms with E-state index in [-0.39, 0.29) is 5.97 Å². The molecular formula is C28H46O4. The third kappa shape index (κ3) is 5.78. The second kappa shape index (κ2) is 11.2. The molecule has 0 aromatic carbocycles. The molecule has 0 amide bonds. The zero-order chi connectivity index (χ0) is 23.3. The van der Waals surface area contributed by atoms with E-state index in [2.05, 4.69) is 20.8 Å². The highest BCUT2D eigenvalue weighted by Crippen LogP contribution is 2.63. The summed E-state index contributed by atoms with van der Waals surface area (Å²) >= 11 is 0. The summed E-state index contributed by atoms with van der Waals surface area (Å²) in [6, 6.07) is 0. The topological polar surface area (TPSA) is 63.6 Å². The van der Waals surface area contributed by atoms with Gasteiger partial charge in [-0.15, -0.1) is 0 Å². The second-order valence-corrected chi connectivity index (χ2v) is 11.4. The molecule has 3 aliphatic rings. The van der Waals surface area contributed by atoms with E-state index in [1.54, 1.807) is 6.08 Å². The van der Waals surface area contributed by atoms with Gasteiger partial charge in [-0.25, -0.2) is 4.79 Å². The molecule has 4 heteroatoms. The molecule has 4 nitrogen and oxygen atoms in total. The molecule has 32 heavy (non-hydrogen) atoms. The first-order valence-corrected chi connectivity index (χ1v) is 13.3. The summed E-state index contributed by atoms with van der Waals surface area (Å²) in [5.41, 5.74) is 1.67. The highest BCUT2D eigenvalue weighted by Gasteiger charge is 2.55. The number of hydrogen-bond donors (Lipinski definition) is 1. The van der Waals surface area contributed by atoms with Crippen LogP contribution in [0.15, 0.2) is 11.6 Å². The van der Waals surface area contributed by atoms with Gasteiger partial charge in [0.15, 0.2) is 0 Å². The van der Waals surface area contributed by atoms with Gasteiger partial charge in [-0.05, 0) is 112 Å². The molecule has 182 valence electrons. The van der Waals surface area contributed by atoms with Crippen molar-refractivity contribution in [3.63, 3.8) is 0 Å². The van der Waals surface area contributed by atoms with Gasteiger partial charge in [-0.3, -0.25) is 4.79 Å². The molecule has 0 aliphatic heterocycles. The van der Waals surface area contributed by atoms with Gasteiger partial charge in [-0.1, -0.05) is 32.8 Å². The average Bonchev–Trinajstić information content (AvgIpc) is 3.10. The number of carboxylic acids is 1. The lowest BCUT2D eigenvalue weighted by Crippen LogP contribution is -2.44. The van der Waals surface area contributed by atoms with Crippen molar-refractivity contribution in [3.05, 3.63) is 11.6 Å². The van der Waals surface area contributed by atoms with Crippen LogP contribution < -0.4 is 0 Å². The van der Waals surface area contributed by atoms with E-state index in [1.807, 2.05) is 6.92 Å². The van der Waals surface area contributed by atoms with Crippen LogP contribution in [0.5, 0.6) is 0 Å². The van der Waals surface area contributed by atoms with Gasteiger partial charge in [0.2, 0.25) is 0 Å². The van der Waals surface area contributed by atoms with Crippen LogP contribution in [-0.4, -0.2) is 23.7 Å². The maximum absolute atomic E-state index is 12.0. The number of carboxylic acid groups (broad SMARTS) is 1. The fourth-order valence-corrected chi connectivity index (χ4v) is 7.95. The monoisotopic (exact) mass is 446 g/mol. The zero-order valence-electron chi connectivity index (χ0n) is 20.9. The first-order valence-electron chi connectivity index (χ1n) is 13.3. The summed E-state index contributed by atoms with van der Waals surface area (Å²) in [5, 5.41) is 9.16. The van der Waals surface area contributed by atoms with Gasteiger partial charge in [0.1, 0.15) is 0 Å². The molecule has 7 atom stereocenters. The van der Waals surface area contributed by atoms with Crippen LogP contribution in [-0.2, 0) is 14.3 Å². The van der Waals surface area contributed by atoms with E-state index in [4.69, 9.17) is 9.84 Å². The molecule has 0 saturated heterocycles. The van der Waals surface area contributed by atoms with Crippen molar-refractivity contribution in [1.29, 1.82) is 0 Å². The molecule has 1 N–H and O–H groups in total. The number of hydrogen-bond acceptors (Lipinski definition) is 3. The molecule has 3 fully saturated rings. The Kier molecular flexibility index (Phi) is 8.86. The zero-order valence-corrected chi connectivity index (χ0v) is 20.9. The van der Waals surface area contributed by atoms with E-state index >= 15 is 0 Å². The lowest BCUT2D eigenvalue weighted by Gasteiger charge is -2.52. The number of carbonyl (C=O) groups is 2. The van der Waals surface area contributed by atoms with Gasteiger partial charge in [0.05, 0.1) is 6.61 Å². The average molecular weight is 447 g/mol. The van der Waals surface area contributed by atoms with Crippen molar-refractivity contribution in [3.8, 4) is 0 Å². The Morgan fingerprint density at radius 3 is 2.62 bits per heavy atom. The molecule has 3 unspecified atom stereocenters. The Morgan fingerprint density at radius 2 is 1.91 bits per heavy atom. The van der Waals surface area contributed by atoms with Crippen LogP contribution in [0.25, 0.3) is 0 Å². The molecule has 0 radical (unpaired) electrons. The maximum Gasteiger partial charge on any atom is 0.330 e. The smallest absolute Gasteiger partial charge is 0.330 e. The van der Waals surface area contributed by atoms with Gasteiger partial charge in [-0.2, -0.15) is 0 Å². The van der Waals surface area contributed by atoms with Gasteiger partial charge in [0, 0.05) is 12.5 Å². The first kappa shape index (κ1) is 25.3. The second-order valence-electron chi connectivity index (χ2n) is 11.4. The summed E-state index contributed by atoms with van der Waals surface area (Å²) in [6.07, 6.45) is 15.1. The van der Waals surface area contributed by atoms with Crippen molar-refractivity contribution in [1.82, 2.24) is 0 Å². The lowest BCUT2D eigenvalue weighted by molar-refractivity contribution is -0.138. The van der Waals surface area contributed by atoms with Crippen molar-refractivity contribution in [2.45, 2.75) is 105 Å². The number of fused-ring (bicyclic) bond motifs is 3. The standard InChI is InChI=1S/C28H46O4/c1-5-32-27(31)18-21-8-6-7-9-23-22(19(2)10-12-21)16-17-28(4)24(13-14-25(23)28)20(3)11-15-26(29)30/h18-20,22-25H,5-17H2,1-4H3,(H,29,30)/b21-18-/t19?,20-,22-,23?,24-,25+,28?/m1/s1. The third-order valence-electron chi connectivity index (χ3n) is 9.61. The summed E-state index contributed by atoms with van der Waals surface area (Å²) in [6.45, 7) is 9.61. The molecule has 0 spiro atoms. The van der Waals surface area contributed by atoms with Crippen LogP contribution in [0.3, 0.4) is 0 Å². The molecule has 0 heterocycles. The predicted molar refractivity (Wildman–Crippen MR) is 128 cm³/mol. The largest absolute Gasteiger partial charge is 0.481 e. The molecule has 0 aromatic heterocycles. The minimum atomic E-state index is -0.655.